The number of amides is 2. The smallest absolute Gasteiger partial charge is 0.282 e. The Morgan fingerprint density at radius 1 is 1.00 bits per heavy atom. The van der Waals surface area contributed by atoms with E-state index in [1.807, 2.05) is 0 Å². The molecule has 1 aliphatic heterocycles. The molecule has 0 unspecified atom stereocenters. The molecular weight excluding hydrogens is 262 g/mol. The SMILES string of the molecule is O=C1CCC(=O)N1O.O=S(=O)(O)c1ccccc1. The molecular formula is C10H11NO6S. The predicted molar refractivity (Wildman–Crippen MR) is 59.1 cm³/mol. The minimum Gasteiger partial charge on any atom is -0.282 e. The molecule has 1 aliphatic rings. The van der Waals surface area contributed by atoms with Crippen LogP contribution in [-0.2, 0) is 19.7 Å². The van der Waals surface area contributed by atoms with E-state index in [0.29, 0.717) is 0 Å². The Labute approximate surface area is 103 Å². The lowest BCUT2D eigenvalue weighted by Gasteiger charge is -1.98. The van der Waals surface area contributed by atoms with Gasteiger partial charge in [0.2, 0.25) is 0 Å². The van der Waals surface area contributed by atoms with Crippen LogP contribution in [0.5, 0.6) is 0 Å². The normalized spacial score (nSPS) is 15.3. The molecule has 0 bridgehead atoms. The molecule has 1 aromatic rings. The molecule has 98 valence electrons. The average Bonchev–Trinajstić information content (AvgIpc) is 2.62. The summed E-state index contributed by atoms with van der Waals surface area (Å²) in [5.41, 5.74) is 0. The fourth-order valence-corrected chi connectivity index (χ4v) is 1.66. The zero-order chi connectivity index (χ0) is 13.8. The van der Waals surface area contributed by atoms with E-state index >= 15 is 0 Å². The van der Waals surface area contributed by atoms with Crippen molar-refractivity contribution in [3.8, 4) is 0 Å². The maximum atomic E-state index is 10.4. The van der Waals surface area contributed by atoms with Crippen molar-refractivity contribution in [2.24, 2.45) is 0 Å². The largest absolute Gasteiger partial charge is 0.294 e. The Bertz CT molecular complexity index is 523. The highest BCUT2D eigenvalue weighted by Crippen LogP contribution is 2.07. The van der Waals surface area contributed by atoms with Crippen molar-refractivity contribution in [1.82, 2.24) is 5.06 Å². The first-order valence-corrected chi connectivity index (χ1v) is 6.33. The molecule has 0 atom stereocenters. The van der Waals surface area contributed by atoms with Gasteiger partial charge in [-0.15, -0.1) is 0 Å². The average molecular weight is 273 g/mol. The lowest BCUT2D eigenvalue weighted by atomic mass is 10.4. The van der Waals surface area contributed by atoms with Crippen LogP contribution in [0.25, 0.3) is 0 Å². The lowest BCUT2D eigenvalue weighted by Crippen LogP contribution is -2.24. The molecule has 1 fully saturated rings. The zero-order valence-electron chi connectivity index (χ0n) is 9.18. The van der Waals surface area contributed by atoms with Crippen LogP contribution in [0, 0.1) is 0 Å². The van der Waals surface area contributed by atoms with Crippen LogP contribution in [0.4, 0.5) is 0 Å². The summed E-state index contributed by atoms with van der Waals surface area (Å²) in [6.07, 6.45) is 0.296. The van der Waals surface area contributed by atoms with Crippen LogP contribution in [-0.4, -0.2) is 35.1 Å². The van der Waals surface area contributed by atoms with Gasteiger partial charge in [0.15, 0.2) is 0 Å². The van der Waals surface area contributed by atoms with E-state index in [4.69, 9.17) is 9.76 Å². The van der Waals surface area contributed by atoms with Crippen LogP contribution in [0.3, 0.4) is 0 Å². The van der Waals surface area contributed by atoms with Crippen molar-refractivity contribution in [1.29, 1.82) is 0 Å². The first kappa shape index (κ1) is 14.3. The van der Waals surface area contributed by atoms with Crippen molar-refractivity contribution < 1.29 is 27.8 Å². The summed E-state index contributed by atoms with van der Waals surface area (Å²) in [7, 11) is -4.00. The standard InChI is InChI=1S/C6H6O3S.C4H5NO3/c7-10(8,9)6-4-2-1-3-5-6;6-3-1-2-4(7)5(3)8/h1-5H,(H,7,8,9);8H,1-2H2. The molecule has 0 aromatic heterocycles. The maximum absolute atomic E-state index is 10.4. The number of hydroxylamine groups is 2. The van der Waals surface area contributed by atoms with Crippen molar-refractivity contribution in [2.45, 2.75) is 17.7 Å². The van der Waals surface area contributed by atoms with Gasteiger partial charge in [-0.05, 0) is 12.1 Å². The van der Waals surface area contributed by atoms with E-state index in [-0.39, 0.29) is 22.8 Å². The van der Waals surface area contributed by atoms with Crippen LogP contribution in [0.2, 0.25) is 0 Å². The van der Waals surface area contributed by atoms with Gasteiger partial charge in [0.25, 0.3) is 21.9 Å². The highest BCUT2D eigenvalue weighted by Gasteiger charge is 2.26. The molecule has 0 saturated carbocycles. The fourth-order valence-electron chi connectivity index (χ4n) is 1.16. The topological polar surface area (TPSA) is 112 Å². The third kappa shape index (κ3) is 3.91. The van der Waals surface area contributed by atoms with E-state index in [9.17, 15) is 18.0 Å². The van der Waals surface area contributed by atoms with Gasteiger partial charge >= 0.3 is 0 Å². The van der Waals surface area contributed by atoms with Gasteiger partial charge < -0.3 is 0 Å². The number of benzene rings is 1. The summed E-state index contributed by atoms with van der Waals surface area (Å²) in [5, 5.41) is 8.57. The highest BCUT2D eigenvalue weighted by molar-refractivity contribution is 7.85. The first-order chi connectivity index (χ1) is 8.32. The monoisotopic (exact) mass is 273 g/mol. The van der Waals surface area contributed by atoms with Crippen LogP contribution < -0.4 is 0 Å². The van der Waals surface area contributed by atoms with Gasteiger partial charge in [0.1, 0.15) is 0 Å². The summed E-state index contributed by atoms with van der Waals surface area (Å²) < 4.78 is 29.2. The molecule has 8 heteroatoms. The van der Waals surface area contributed by atoms with Gasteiger partial charge in [0.05, 0.1) is 4.90 Å². The quantitative estimate of drug-likeness (QED) is 0.436. The second-order valence-electron chi connectivity index (χ2n) is 3.39. The minimum atomic E-state index is -4.00. The van der Waals surface area contributed by atoms with Crippen LogP contribution in [0.15, 0.2) is 35.2 Å². The highest BCUT2D eigenvalue weighted by atomic mass is 32.2. The summed E-state index contributed by atoms with van der Waals surface area (Å²) in [5.74, 6) is -1.01. The number of rotatable bonds is 1. The second kappa shape index (κ2) is 5.71. The van der Waals surface area contributed by atoms with Crippen molar-refractivity contribution in [3.63, 3.8) is 0 Å². The number of hydrogen-bond donors (Lipinski definition) is 2. The van der Waals surface area contributed by atoms with Gasteiger partial charge in [-0.2, -0.15) is 13.5 Å². The molecule has 18 heavy (non-hydrogen) atoms. The Morgan fingerprint density at radius 2 is 1.44 bits per heavy atom. The minimum absolute atomic E-state index is 0.0741. The number of carbonyl (C=O) groups is 2. The second-order valence-corrected chi connectivity index (χ2v) is 4.81. The van der Waals surface area contributed by atoms with Crippen molar-refractivity contribution in [3.05, 3.63) is 30.3 Å². The van der Waals surface area contributed by atoms with E-state index in [1.54, 1.807) is 18.2 Å². The molecule has 1 aromatic carbocycles. The van der Waals surface area contributed by atoms with Crippen molar-refractivity contribution in [2.75, 3.05) is 0 Å². The van der Waals surface area contributed by atoms with Crippen LogP contribution >= 0.6 is 0 Å². The summed E-state index contributed by atoms with van der Waals surface area (Å²) in [4.78, 5) is 20.4. The van der Waals surface area contributed by atoms with Gasteiger partial charge in [0, 0.05) is 12.8 Å². The summed E-state index contributed by atoms with van der Waals surface area (Å²) >= 11 is 0. The number of imide groups is 1. The molecule has 1 heterocycles. The molecule has 2 rings (SSSR count). The summed E-state index contributed by atoms with van der Waals surface area (Å²) in [6.45, 7) is 0. The molecule has 7 nitrogen and oxygen atoms in total. The van der Waals surface area contributed by atoms with E-state index in [0.717, 1.165) is 0 Å². The molecule has 2 amide bonds. The molecule has 0 aliphatic carbocycles. The number of nitrogens with zero attached hydrogens (tertiary/aromatic N) is 1. The van der Waals surface area contributed by atoms with Crippen molar-refractivity contribution >= 4 is 21.9 Å². The Balaban J connectivity index is 0.000000184. The predicted octanol–water partition coefficient (Wildman–Crippen LogP) is 0.458. The van der Waals surface area contributed by atoms with E-state index in [1.165, 1.54) is 12.1 Å². The molecule has 0 spiro atoms. The van der Waals surface area contributed by atoms with Gasteiger partial charge in [-0.1, -0.05) is 18.2 Å². The summed E-state index contributed by atoms with van der Waals surface area (Å²) in [6, 6.07) is 7.42. The van der Waals surface area contributed by atoms with E-state index in [2.05, 4.69) is 0 Å². The number of carbonyl (C=O) groups excluding carboxylic acids is 2. The van der Waals surface area contributed by atoms with E-state index < -0.39 is 21.9 Å². The molecule has 0 radical (unpaired) electrons. The third-order valence-electron chi connectivity index (χ3n) is 2.07. The Hall–Kier alpha value is -1.77. The molecule has 2 N–H and O–H groups in total. The lowest BCUT2D eigenvalue weighted by molar-refractivity contribution is -0.171. The van der Waals surface area contributed by atoms with Gasteiger partial charge in [-0.25, -0.2) is 0 Å². The van der Waals surface area contributed by atoms with Crippen LogP contribution in [0.1, 0.15) is 12.8 Å². The fraction of sp³-hybridized carbons (Fsp3) is 0.200. The first-order valence-electron chi connectivity index (χ1n) is 4.89. The Morgan fingerprint density at radius 3 is 1.67 bits per heavy atom. The number of hydrogen-bond acceptors (Lipinski definition) is 5. The Kier molecular flexibility index (Phi) is 4.54. The van der Waals surface area contributed by atoms with Gasteiger partial charge in [-0.3, -0.25) is 19.3 Å². The zero-order valence-corrected chi connectivity index (χ0v) is 10.0. The third-order valence-corrected chi connectivity index (χ3v) is 2.93. The molecule has 1 saturated heterocycles. The maximum Gasteiger partial charge on any atom is 0.294 e.